The molecule has 1 N–H and O–H groups in total. The molecule has 0 aliphatic carbocycles. The molecule has 0 radical (unpaired) electrons. The van der Waals surface area contributed by atoms with E-state index in [1.165, 1.54) is 5.56 Å². The smallest absolute Gasteiger partial charge is 0.123 e. The van der Waals surface area contributed by atoms with Crippen molar-refractivity contribution in [2.24, 2.45) is 0 Å². The Labute approximate surface area is 103 Å². The van der Waals surface area contributed by atoms with Gasteiger partial charge in [-0.1, -0.05) is 19.1 Å². The standard InChI is InChI=1S/C14H21FN2/c1-3-14-10-17(11(2)8-16-14)9-12-4-6-13(15)7-5-12/h4-7,11,14,16H,3,8-10H2,1-2H3. The number of piperazine rings is 1. The Balaban J connectivity index is 1.98. The van der Waals surface area contributed by atoms with Gasteiger partial charge in [-0.3, -0.25) is 4.90 Å². The summed E-state index contributed by atoms with van der Waals surface area (Å²) in [6, 6.07) is 7.98. The minimum atomic E-state index is -0.159. The van der Waals surface area contributed by atoms with Crippen LogP contribution in [0.15, 0.2) is 24.3 Å². The van der Waals surface area contributed by atoms with Crippen LogP contribution in [-0.4, -0.2) is 30.1 Å². The molecule has 0 aromatic heterocycles. The zero-order valence-electron chi connectivity index (χ0n) is 10.6. The molecule has 3 heteroatoms. The summed E-state index contributed by atoms with van der Waals surface area (Å²) < 4.78 is 12.8. The van der Waals surface area contributed by atoms with Gasteiger partial charge < -0.3 is 5.32 Å². The normalized spacial score (nSPS) is 26.1. The van der Waals surface area contributed by atoms with Crippen LogP contribution in [0.3, 0.4) is 0 Å². The number of nitrogens with one attached hydrogen (secondary N) is 1. The SMILES string of the molecule is CCC1CN(Cc2ccc(F)cc2)C(C)CN1. The molecule has 94 valence electrons. The first kappa shape index (κ1) is 12.5. The predicted octanol–water partition coefficient (Wildman–Crippen LogP) is 2.40. The van der Waals surface area contributed by atoms with Gasteiger partial charge in [0.05, 0.1) is 0 Å². The molecule has 1 aliphatic rings. The molecular weight excluding hydrogens is 215 g/mol. The second kappa shape index (κ2) is 5.61. The van der Waals surface area contributed by atoms with E-state index >= 15 is 0 Å². The van der Waals surface area contributed by atoms with Crippen molar-refractivity contribution in [3.63, 3.8) is 0 Å². The molecule has 2 nitrogen and oxygen atoms in total. The van der Waals surface area contributed by atoms with Gasteiger partial charge in [-0.05, 0) is 31.0 Å². The molecule has 2 rings (SSSR count). The Morgan fingerprint density at radius 3 is 2.71 bits per heavy atom. The molecule has 1 aromatic rings. The van der Waals surface area contributed by atoms with Gasteiger partial charge in [-0.25, -0.2) is 4.39 Å². The lowest BCUT2D eigenvalue weighted by atomic mass is 10.1. The number of nitrogens with zero attached hydrogens (tertiary/aromatic N) is 1. The van der Waals surface area contributed by atoms with Crippen molar-refractivity contribution in [3.05, 3.63) is 35.6 Å². The van der Waals surface area contributed by atoms with Crippen molar-refractivity contribution < 1.29 is 4.39 Å². The van der Waals surface area contributed by atoms with Gasteiger partial charge in [0, 0.05) is 31.7 Å². The average Bonchev–Trinajstić information content (AvgIpc) is 2.35. The highest BCUT2D eigenvalue weighted by Crippen LogP contribution is 2.14. The lowest BCUT2D eigenvalue weighted by molar-refractivity contribution is 0.131. The maximum absolute atomic E-state index is 12.8. The third-order valence-corrected chi connectivity index (χ3v) is 3.57. The topological polar surface area (TPSA) is 15.3 Å². The van der Waals surface area contributed by atoms with Crippen molar-refractivity contribution >= 4 is 0 Å². The van der Waals surface area contributed by atoms with E-state index in [1.54, 1.807) is 12.1 Å². The van der Waals surface area contributed by atoms with Gasteiger partial charge in [-0.15, -0.1) is 0 Å². The molecule has 0 bridgehead atoms. The summed E-state index contributed by atoms with van der Waals surface area (Å²) in [5, 5.41) is 3.54. The fourth-order valence-electron chi connectivity index (χ4n) is 2.31. The van der Waals surface area contributed by atoms with Crippen molar-refractivity contribution in [1.82, 2.24) is 10.2 Å². The van der Waals surface area contributed by atoms with Gasteiger partial charge in [0.2, 0.25) is 0 Å². The average molecular weight is 236 g/mol. The molecule has 1 fully saturated rings. The lowest BCUT2D eigenvalue weighted by Gasteiger charge is -2.38. The first-order valence-corrected chi connectivity index (χ1v) is 6.41. The summed E-state index contributed by atoms with van der Waals surface area (Å²) in [6.07, 6.45) is 1.16. The van der Waals surface area contributed by atoms with E-state index in [0.717, 1.165) is 26.1 Å². The molecule has 1 aliphatic heterocycles. The lowest BCUT2D eigenvalue weighted by Crippen LogP contribution is -2.54. The molecule has 0 spiro atoms. The van der Waals surface area contributed by atoms with Crippen LogP contribution in [0.4, 0.5) is 4.39 Å². The Morgan fingerprint density at radius 1 is 1.35 bits per heavy atom. The van der Waals surface area contributed by atoms with Gasteiger partial charge in [0.1, 0.15) is 5.82 Å². The summed E-state index contributed by atoms with van der Waals surface area (Å²) >= 11 is 0. The maximum atomic E-state index is 12.8. The van der Waals surface area contributed by atoms with Crippen LogP contribution in [0.5, 0.6) is 0 Å². The minimum absolute atomic E-state index is 0.159. The molecule has 1 heterocycles. The van der Waals surface area contributed by atoms with E-state index in [9.17, 15) is 4.39 Å². The predicted molar refractivity (Wildman–Crippen MR) is 68.4 cm³/mol. The largest absolute Gasteiger partial charge is 0.311 e. The Morgan fingerprint density at radius 2 is 2.06 bits per heavy atom. The second-order valence-corrected chi connectivity index (χ2v) is 4.92. The molecular formula is C14H21FN2. The summed E-state index contributed by atoms with van der Waals surface area (Å²) in [5.74, 6) is -0.159. The highest BCUT2D eigenvalue weighted by molar-refractivity contribution is 5.16. The number of hydrogen-bond acceptors (Lipinski definition) is 2. The molecule has 1 aromatic carbocycles. The number of rotatable bonds is 3. The van der Waals surface area contributed by atoms with E-state index in [0.29, 0.717) is 12.1 Å². The first-order chi connectivity index (χ1) is 8.19. The van der Waals surface area contributed by atoms with E-state index in [2.05, 4.69) is 24.1 Å². The summed E-state index contributed by atoms with van der Waals surface area (Å²) in [4.78, 5) is 2.47. The van der Waals surface area contributed by atoms with Crippen molar-refractivity contribution in [1.29, 1.82) is 0 Å². The molecule has 0 saturated carbocycles. The van der Waals surface area contributed by atoms with E-state index in [4.69, 9.17) is 0 Å². The quantitative estimate of drug-likeness (QED) is 0.867. The Hall–Kier alpha value is -0.930. The molecule has 17 heavy (non-hydrogen) atoms. The Kier molecular flexibility index (Phi) is 4.13. The number of hydrogen-bond donors (Lipinski definition) is 1. The maximum Gasteiger partial charge on any atom is 0.123 e. The highest BCUT2D eigenvalue weighted by atomic mass is 19.1. The van der Waals surface area contributed by atoms with Crippen LogP contribution in [0.1, 0.15) is 25.8 Å². The number of halogens is 1. The van der Waals surface area contributed by atoms with E-state index in [-0.39, 0.29) is 5.82 Å². The van der Waals surface area contributed by atoms with E-state index in [1.807, 2.05) is 12.1 Å². The fourth-order valence-corrected chi connectivity index (χ4v) is 2.31. The van der Waals surface area contributed by atoms with Crippen LogP contribution in [0, 0.1) is 5.82 Å². The third-order valence-electron chi connectivity index (χ3n) is 3.57. The van der Waals surface area contributed by atoms with Crippen LogP contribution < -0.4 is 5.32 Å². The highest BCUT2D eigenvalue weighted by Gasteiger charge is 2.23. The zero-order chi connectivity index (χ0) is 12.3. The third kappa shape index (κ3) is 3.27. The molecule has 0 amide bonds. The van der Waals surface area contributed by atoms with Crippen LogP contribution in [0.2, 0.25) is 0 Å². The van der Waals surface area contributed by atoms with Crippen LogP contribution >= 0.6 is 0 Å². The van der Waals surface area contributed by atoms with Gasteiger partial charge in [-0.2, -0.15) is 0 Å². The van der Waals surface area contributed by atoms with E-state index < -0.39 is 0 Å². The number of benzene rings is 1. The monoisotopic (exact) mass is 236 g/mol. The second-order valence-electron chi connectivity index (χ2n) is 4.92. The molecule has 2 unspecified atom stereocenters. The summed E-state index contributed by atoms with van der Waals surface area (Å²) in [6.45, 7) is 7.49. The van der Waals surface area contributed by atoms with Gasteiger partial charge in [0.25, 0.3) is 0 Å². The van der Waals surface area contributed by atoms with Crippen molar-refractivity contribution in [3.8, 4) is 0 Å². The zero-order valence-corrected chi connectivity index (χ0v) is 10.6. The fraction of sp³-hybridized carbons (Fsp3) is 0.571. The first-order valence-electron chi connectivity index (χ1n) is 6.41. The van der Waals surface area contributed by atoms with Crippen LogP contribution in [0.25, 0.3) is 0 Å². The Bertz CT molecular complexity index is 350. The van der Waals surface area contributed by atoms with Crippen molar-refractivity contribution in [2.45, 2.75) is 38.9 Å². The summed E-state index contributed by atoms with van der Waals surface area (Å²) in [7, 11) is 0. The summed E-state index contributed by atoms with van der Waals surface area (Å²) in [5.41, 5.74) is 1.19. The van der Waals surface area contributed by atoms with Crippen LogP contribution in [-0.2, 0) is 6.54 Å². The minimum Gasteiger partial charge on any atom is -0.311 e. The van der Waals surface area contributed by atoms with Gasteiger partial charge >= 0.3 is 0 Å². The van der Waals surface area contributed by atoms with Crippen molar-refractivity contribution in [2.75, 3.05) is 13.1 Å². The van der Waals surface area contributed by atoms with Gasteiger partial charge in [0.15, 0.2) is 0 Å². The molecule has 1 saturated heterocycles. The molecule has 2 atom stereocenters.